The largest absolute Gasteiger partial charge is 0.348 e. The summed E-state index contributed by atoms with van der Waals surface area (Å²) in [6.07, 6.45) is 2.93. The van der Waals surface area contributed by atoms with Crippen molar-refractivity contribution in [1.82, 2.24) is 14.9 Å². The monoisotopic (exact) mass is 426 g/mol. The third kappa shape index (κ3) is 4.24. The molecule has 0 atom stereocenters. The number of amides is 1. The van der Waals surface area contributed by atoms with Gasteiger partial charge in [-0.05, 0) is 24.3 Å². The SMILES string of the molecule is CCC(CC)(CN)NC(=O)Cn1cnc2scc(-c3cccs3)c2c1=O.Cl. The smallest absolute Gasteiger partial charge is 0.263 e. The van der Waals surface area contributed by atoms with E-state index < -0.39 is 5.54 Å². The second-order valence-corrected chi connectivity index (χ2v) is 8.03. The Morgan fingerprint density at radius 2 is 2.07 bits per heavy atom. The van der Waals surface area contributed by atoms with E-state index in [-0.39, 0.29) is 30.4 Å². The van der Waals surface area contributed by atoms with E-state index in [0.717, 1.165) is 23.3 Å². The number of nitrogens with two attached hydrogens (primary N) is 1. The maximum atomic E-state index is 12.9. The number of nitrogens with one attached hydrogen (secondary N) is 1. The number of halogens is 1. The molecule has 3 aromatic heterocycles. The van der Waals surface area contributed by atoms with Crippen LogP contribution in [0.2, 0.25) is 0 Å². The van der Waals surface area contributed by atoms with Crippen molar-refractivity contribution in [3.8, 4) is 10.4 Å². The lowest BCUT2D eigenvalue weighted by Crippen LogP contribution is -2.54. The van der Waals surface area contributed by atoms with Crippen LogP contribution in [0, 0.1) is 0 Å². The van der Waals surface area contributed by atoms with Crippen LogP contribution in [0.3, 0.4) is 0 Å². The summed E-state index contributed by atoms with van der Waals surface area (Å²) in [6, 6.07) is 3.93. The molecular weight excluding hydrogens is 404 g/mol. The third-order valence-corrected chi connectivity index (χ3v) is 6.60. The van der Waals surface area contributed by atoms with Gasteiger partial charge in [-0.1, -0.05) is 19.9 Å². The average molecular weight is 427 g/mol. The van der Waals surface area contributed by atoms with E-state index in [1.54, 1.807) is 11.3 Å². The van der Waals surface area contributed by atoms with Gasteiger partial charge in [-0.25, -0.2) is 4.98 Å². The van der Waals surface area contributed by atoms with E-state index in [1.807, 2.05) is 36.7 Å². The molecule has 9 heteroatoms. The van der Waals surface area contributed by atoms with Gasteiger partial charge in [0.15, 0.2) is 0 Å². The summed E-state index contributed by atoms with van der Waals surface area (Å²) < 4.78 is 1.37. The van der Waals surface area contributed by atoms with Gasteiger partial charge in [0, 0.05) is 22.4 Å². The number of rotatable bonds is 7. The molecule has 6 nitrogen and oxygen atoms in total. The predicted molar refractivity (Wildman–Crippen MR) is 115 cm³/mol. The summed E-state index contributed by atoms with van der Waals surface area (Å²) >= 11 is 3.02. The molecule has 3 N–H and O–H groups in total. The zero-order chi connectivity index (χ0) is 18.7. The maximum Gasteiger partial charge on any atom is 0.263 e. The zero-order valence-corrected chi connectivity index (χ0v) is 17.7. The number of thiophene rings is 2. The van der Waals surface area contributed by atoms with Crippen LogP contribution in [-0.4, -0.2) is 27.5 Å². The Morgan fingerprint density at radius 1 is 1.33 bits per heavy atom. The quantitative estimate of drug-likeness (QED) is 0.606. The number of carbonyl (C=O) groups is 1. The third-order valence-electron chi connectivity index (χ3n) is 4.81. The van der Waals surface area contributed by atoms with Gasteiger partial charge in [-0.15, -0.1) is 35.1 Å². The van der Waals surface area contributed by atoms with Crippen molar-refractivity contribution >= 4 is 51.2 Å². The van der Waals surface area contributed by atoms with Gasteiger partial charge in [0.2, 0.25) is 5.91 Å². The Balaban J connectivity index is 0.00000261. The summed E-state index contributed by atoms with van der Waals surface area (Å²) in [5.41, 5.74) is 6.10. The normalized spacial score (nSPS) is 11.4. The van der Waals surface area contributed by atoms with Crippen LogP contribution in [0.25, 0.3) is 20.7 Å². The first-order valence-corrected chi connectivity index (χ1v) is 10.3. The van der Waals surface area contributed by atoms with E-state index in [1.165, 1.54) is 22.2 Å². The molecule has 0 saturated heterocycles. The number of hydrogen-bond donors (Lipinski definition) is 2. The highest BCUT2D eigenvalue weighted by atomic mass is 35.5. The molecule has 0 radical (unpaired) electrons. The lowest BCUT2D eigenvalue weighted by molar-refractivity contribution is -0.123. The van der Waals surface area contributed by atoms with Gasteiger partial charge in [0.25, 0.3) is 5.56 Å². The first-order chi connectivity index (χ1) is 12.5. The average Bonchev–Trinajstić information content (AvgIpc) is 3.31. The van der Waals surface area contributed by atoms with Crippen molar-refractivity contribution in [2.24, 2.45) is 5.73 Å². The molecule has 1 amide bonds. The fourth-order valence-electron chi connectivity index (χ4n) is 2.95. The molecule has 0 unspecified atom stereocenters. The highest BCUT2D eigenvalue weighted by molar-refractivity contribution is 7.18. The predicted octanol–water partition coefficient (Wildman–Crippen LogP) is 3.24. The van der Waals surface area contributed by atoms with E-state index in [2.05, 4.69) is 10.3 Å². The maximum absolute atomic E-state index is 12.9. The number of fused-ring (bicyclic) bond motifs is 1. The van der Waals surface area contributed by atoms with Crippen molar-refractivity contribution in [3.63, 3.8) is 0 Å². The Hall–Kier alpha value is -1.74. The van der Waals surface area contributed by atoms with E-state index in [4.69, 9.17) is 5.73 Å². The molecule has 0 aromatic carbocycles. The van der Waals surface area contributed by atoms with Crippen LogP contribution in [0.4, 0.5) is 0 Å². The standard InChI is InChI=1S/C18H22N4O2S2.ClH/c1-3-18(4-2,10-19)21-14(23)8-22-11-20-16-15(17(22)24)12(9-26-16)13-6-5-7-25-13;/h5-7,9,11H,3-4,8,10,19H2,1-2H3,(H,21,23);1H. The summed E-state index contributed by atoms with van der Waals surface area (Å²) in [5, 5.41) is 7.49. The minimum Gasteiger partial charge on any atom is -0.348 e. The van der Waals surface area contributed by atoms with E-state index in [0.29, 0.717) is 16.8 Å². The Labute approximate surface area is 171 Å². The summed E-state index contributed by atoms with van der Waals surface area (Å²) in [7, 11) is 0. The lowest BCUT2D eigenvalue weighted by atomic mass is 9.93. The molecule has 27 heavy (non-hydrogen) atoms. The minimum absolute atomic E-state index is 0. The summed E-state index contributed by atoms with van der Waals surface area (Å²) in [5.74, 6) is -0.227. The van der Waals surface area contributed by atoms with Crippen molar-refractivity contribution < 1.29 is 4.79 Å². The molecule has 0 spiro atoms. The van der Waals surface area contributed by atoms with Crippen molar-refractivity contribution in [3.05, 3.63) is 39.6 Å². The van der Waals surface area contributed by atoms with Gasteiger partial charge < -0.3 is 11.1 Å². The van der Waals surface area contributed by atoms with Crippen molar-refractivity contribution in [2.45, 2.75) is 38.8 Å². The van der Waals surface area contributed by atoms with Gasteiger partial charge in [0.1, 0.15) is 11.4 Å². The first-order valence-electron chi connectivity index (χ1n) is 8.55. The molecule has 0 aliphatic heterocycles. The topological polar surface area (TPSA) is 90.0 Å². The molecule has 3 heterocycles. The number of nitrogens with zero attached hydrogens (tertiary/aromatic N) is 2. The second kappa shape index (κ2) is 8.97. The second-order valence-electron chi connectivity index (χ2n) is 6.22. The molecule has 0 aliphatic carbocycles. The molecule has 0 saturated carbocycles. The van der Waals surface area contributed by atoms with Crippen LogP contribution in [-0.2, 0) is 11.3 Å². The fraction of sp³-hybridized carbons (Fsp3) is 0.389. The molecule has 3 aromatic rings. The van der Waals surface area contributed by atoms with E-state index in [9.17, 15) is 9.59 Å². The van der Waals surface area contributed by atoms with Gasteiger partial charge in [-0.2, -0.15) is 0 Å². The van der Waals surface area contributed by atoms with E-state index >= 15 is 0 Å². The number of aromatic nitrogens is 2. The van der Waals surface area contributed by atoms with Gasteiger partial charge in [0.05, 0.1) is 17.3 Å². The van der Waals surface area contributed by atoms with Crippen LogP contribution in [0.5, 0.6) is 0 Å². The van der Waals surface area contributed by atoms with Gasteiger partial charge >= 0.3 is 0 Å². The number of carbonyl (C=O) groups excluding carboxylic acids is 1. The highest BCUT2D eigenvalue weighted by Gasteiger charge is 2.26. The Kier molecular flexibility index (Phi) is 7.16. The van der Waals surface area contributed by atoms with Crippen molar-refractivity contribution in [1.29, 1.82) is 0 Å². The minimum atomic E-state index is -0.428. The fourth-order valence-corrected chi connectivity index (χ4v) is 4.67. The molecule has 0 fully saturated rings. The zero-order valence-electron chi connectivity index (χ0n) is 15.2. The molecule has 3 rings (SSSR count). The Bertz CT molecular complexity index is 953. The first kappa shape index (κ1) is 21.6. The van der Waals surface area contributed by atoms with Crippen LogP contribution >= 0.6 is 35.1 Å². The molecule has 0 bridgehead atoms. The Morgan fingerprint density at radius 3 is 2.67 bits per heavy atom. The van der Waals surface area contributed by atoms with Crippen molar-refractivity contribution in [2.75, 3.05) is 6.54 Å². The number of hydrogen-bond acceptors (Lipinski definition) is 6. The van der Waals surface area contributed by atoms with Crippen LogP contribution in [0.1, 0.15) is 26.7 Å². The molecule has 146 valence electrons. The van der Waals surface area contributed by atoms with Gasteiger partial charge in [-0.3, -0.25) is 14.2 Å². The highest BCUT2D eigenvalue weighted by Crippen LogP contribution is 2.33. The molecule has 0 aliphatic rings. The van der Waals surface area contributed by atoms with Crippen LogP contribution in [0.15, 0.2) is 34.0 Å². The lowest BCUT2D eigenvalue weighted by Gasteiger charge is -2.31. The summed E-state index contributed by atoms with van der Waals surface area (Å²) in [6.45, 7) is 4.29. The summed E-state index contributed by atoms with van der Waals surface area (Å²) in [4.78, 5) is 31.5. The van der Waals surface area contributed by atoms with Crippen LogP contribution < -0.4 is 16.6 Å². The molecular formula is C18H23ClN4O2S2.